The van der Waals surface area contributed by atoms with E-state index in [1.54, 1.807) is 55.6 Å². The fourth-order valence-electron chi connectivity index (χ4n) is 8.28. The van der Waals surface area contributed by atoms with E-state index in [0.717, 1.165) is 16.5 Å². The van der Waals surface area contributed by atoms with Crippen molar-refractivity contribution in [3.05, 3.63) is 71.4 Å². The van der Waals surface area contributed by atoms with E-state index in [9.17, 15) is 47.9 Å². The molecule has 1 aliphatic heterocycles. The lowest BCUT2D eigenvalue weighted by Gasteiger charge is -2.28. The minimum atomic E-state index is -1.75. The average molecular weight is 1060 g/mol. The van der Waals surface area contributed by atoms with Crippen molar-refractivity contribution in [2.75, 3.05) is 19.6 Å². The first kappa shape index (κ1) is 59.8. The van der Waals surface area contributed by atoms with E-state index in [1.807, 2.05) is 6.07 Å². The number of rotatable bonds is 18. The molecular weight excluding hydrogens is 987 g/mol. The zero-order valence-corrected chi connectivity index (χ0v) is 42.6. The number of carbonyl (C=O) groups is 10. The number of fused-ring (bicyclic) bond motifs is 1. The molecule has 21 N–H and O–H groups in total. The number of para-hydroxylation sites is 1. The van der Waals surface area contributed by atoms with Gasteiger partial charge in [0.1, 0.15) is 42.3 Å². The summed E-state index contributed by atoms with van der Waals surface area (Å²) in [6.07, 6.45) is 0.0417. The molecule has 10 amide bonds. The lowest BCUT2D eigenvalue weighted by molar-refractivity contribution is -0.136. The summed E-state index contributed by atoms with van der Waals surface area (Å²) < 4.78 is 0. The minimum absolute atomic E-state index is 0.0156. The Labute approximate surface area is 438 Å². The molecule has 0 saturated carbocycles. The van der Waals surface area contributed by atoms with Crippen LogP contribution < -0.4 is 76.9 Å². The molecule has 7 atom stereocenters. The first-order valence-corrected chi connectivity index (χ1v) is 24.8. The lowest BCUT2D eigenvalue weighted by atomic mass is 9.99. The van der Waals surface area contributed by atoms with Crippen LogP contribution in [-0.2, 0) is 60.8 Å². The molecule has 1 aliphatic rings. The summed E-state index contributed by atoms with van der Waals surface area (Å²) in [5, 5.41) is 21.6. The summed E-state index contributed by atoms with van der Waals surface area (Å²) in [5.74, 6) is -9.07. The van der Waals surface area contributed by atoms with Crippen LogP contribution >= 0.6 is 0 Å². The summed E-state index contributed by atoms with van der Waals surface area (Å²) in [5.41, 5.74) is 35.9. The molecule has 0 unspecified atom stereocenters. The number of aryl methyl sites for hydroxylation is 1. The van der Waals surface area contributed by atoms with Gasteiger partial charge in [-0.3, -0.25) is 57.9 Å². The van der Waals surface area contributed by atoms with Gasteiger partial charge in [0.2, 0.25) is 59.1 Å². The number of aromatic nitrogens is 1. The molecule has 0 spiro atoms. The van der Waals surface area contributed by atoms with Gasteiger partial charge >= 0.3 is 0 Å². The Hall–Kier alpha value is -8.78. The zero-order chi connectivity index (χ0) is 55.9. The summed E-state index contributed by atoms with van der Waals surface area (Å²) in [7, 11) is 0. The Morgan fingerprint density at radius 3 is 1.91 bits per heavy atom. The molecule has 412 valence electrons. The number of amides is 10. The third-order valence-corrected chi connectivity index (χ3v) is 12.3. The second-order valence-corrected chi connectivity index (χ2v) is 18.3. The number of aromatic amines is 1. The topological polar surface area (TPSA) is 464 Å². The number of primary amides is 2. The Morgan fingerprint density at radius 1 is 0.684 bits per heavy atom. The fourth-order valence-corrected chi connectivity index (χ4v) is 8.28. The quantitative estimate of drug-likeness (QED) is 0.0327. The van der Waals surface area contributed by atoms with Crippen molar-refractivity contribution in [2.24, 2.45) is 44.4 Å². The van der Waals surface area contributed by atoms with Gasteiger partial charge in [0, 0.05) is 62.9 Å². The van der Waals surface area contributed by atoms with Gasteiger partial charge in [-0.1, -0.05) is 42.5 Å². The molecule has 4 rings (SSSR count). The largest absolute Gasteiger partial charge is 0.370 e. The molecule has 0 bridgehead atoms. The Bertz CT molecular complexity index is 2630. The van der Waals surface area contributed by atoms with Gasteiger partial charge in [0.05, 0.1) is 6.42 Å². The van der Waals surface area contributed by atoms with E-state index in [2.05, 4.69) is 57.5 Å². The van der Waals surface area contributed by atoms with E-state index in [-0.39, 0.29) is 95.8 Å². The highest BCUT2D eigenvalue weighted by Crippen LogP contribution is 2.20. The summed E-state index contributed by atoms with van der Waals surface area (Å²) >= 11 is 0. The normalized spacial score (nSPS) is 20.9. The Morgan fingerprint density at radius 2 is 1.26 bits per heavy atom. The molecule has 27 nitrogen and oxygen atoms in total. The number of H-pyrrole nitrogens is 1. The van der Waals surface area contributed by atoms with Crippen molar-refractivity contribution in [1.82, 2.24) is 47.5 Å². The van der Waals surface area contributed by atoms with Crippen LogP contribution in [0.4, 0.5) is 0 Å². The molecule has 1 saturated heterocycles. The third-order valence-electron chi connectivity index (χ3n) is 12.3. The molecule has 2 aromatic carbocycles. The molecule has 27 heteroatoms. The Kier molecular flexibility index (Phi) is 23.4. The number of hydrogen-bond donors (Lipinski definition) is 15. The van der Waals surface area contributed by atoms with Crippen molar-refractivity contribution < 1.29 is 47.9 Å². The zero-order valence-electron chi connectivity index (χ0n) is 42.6. The maximum atomic E-state index is 14.7. The number of nitrogens with two attached hydrogens (primary N) is 6. The first-order chi connectivity index (χ1) is 36.1. The highest BCUT2D eigenvalue weighted by molar-refractivity contribution is 5.99. The fraction of sp³-hybridized carbons (Fsp3) is 0.469. The standard InChI is InChI=1S/C49H71N17O10/c1-26-10-3-4-11-28(26)22-36-46(75)63-35(16-9-21-58-49(54)55)43(72)64-37(23-29-25-59-31-13-6-5-12-30(29)31)45(74)61-32(41(51)70)17-18-40(69)56-19-7-15-34(44(73)66-38(24-39(50)68)47(76)65-36)62-42(71)33(60-27(2)67)14-8-20-57-48(52)53/h3-6,10-13,25,32-38,59H,7-9,14-24H2,1-2H3,(H2,50,68)(H2,51,70)(H,56,69)(H,60,67)(H,61,74)(H,62,71)(H,63,75)(H,64,72)(H,65,76)(H,66,73)(H4,52,53,57)(H4,54,55,58)/t32-,33-,34-,35-,36+,37-,38-/m0/s1. The van der Waals surface area contributed by atoms with Crippen molar-refractivity contribution in [2.45, 2.75) is 127 Å². The molecule has 1 fully saturated rings. The number of nitrogens with one attached hydrogen (secondary N) is 9. The summed E-state index contributed by atoms with van der Waals surface area (Å²) in [6.45, 7) is 2.98. The van der Waals surface area contributed by atoms with E-state index in [1.165, 1.54) is 6.92 Å². The van der Waals surface area contributed by atoms with Crippen LogP contribution in [0.1, 0.15) is 81.4 Å². The highest BCUT2D eigenvalue weighted by Gasteiger charge is 2.35. The lowest BCUT2D eigenvalue weighted by Crippen LogP contribution is -2.61. The molecule has 0 aliphatic carbocycles. The van der Waals surface area contributed by atoms with Gasteiger partial charge in [-0.15, -0.1) is 0 Å². The van der Waals surface area contributed by atoms with Crippen LogP contribution in [0.3, 0.4) is 0 Å². The predicted molar refractivity (Wildman–Crippen MR) is 280 cm³/mol. The second kappa shape index (κ2) is 29.8. The van der Waals surface area contributed by atoms with Crippen molar-refractivity contribution in [1.29, 1.82) is 0 Å². The van der Waals surface area contributed by atoms with Crippen LogP contribution in [0, 0.1) is 6.92 Å². The molecule has 0 radical (unpaired) electrons. The molecule has 2 heterocycles. The maximum absolute atomic E-state index is 14.7. The number of aliphatic imine (C=N–C) groups is 2. The number of hydrogen-bond acceptors (Lipinski definition) is 12. The van der Waals surface area contributed by atoms with E-state index in [4.69, 9.17) is 34.4 Å². The van der Waals surface area contributed by atoms with Crippen molar-refractivity contribution in [3.63, 3.8) is 0 Å². The summed E-state index contributed by atoms with van der Waals surface area (Å²) in [4.78, 5) is 148. The van der Waals surface area contributed by atoms with Crippen molar-refractivity contribution in [3.8, 4) is 0 Å². The van der Waals surface area contributed by atoms with E-state index in [0.29, 0.717) is 11.1 Å². The van der Waals surface area contributed by atoms with Crippen LogP contribution in [0.15, 0.2) is 64.7 Å². The van der Waals surface area contributed by atoms with Gasteiger partial charge in [-0.05, 0) is 74.6 Å². The summed E-state index contributed by atoms with van der Waals surface area (Å²) in [6, 6.07) is 3.98. The van der Waals surface area contributed by atoms with Gasteiger partial charge in [0.25, 0.3) is 0 Å². The number of carbonyl (C=O) groups excluding carboxylic acids is 10. The number of guanidine groups is 2. The molecule has 1 aromatic heterocycles. The number of benzene rings is 2. The first-order valence-electron chi connectivity index (χ1n) is 24.8. The third kappa shape index (κ3) is 19.9. The van der Waals surface area contributed by atoms with Gasteiger partial charge < -0.3 is 81.9 Å². The van der Waals surface area contributed by atoms with Crippen LogP contribution in [0.5, 0.6) is 0 Å². The second-order valence-electron chi connectivity index (χ2n) is 18.3. The highest BCUT2D eigenvalue weighted by atomic mass is 16.2. The molecular formula is C49H71N17O10. The minimum Gasteiger partial charge on any atom is -0.370 e. The van der Waals surface area contributed by atoms with Crippen LogP contribution in [0.25, 0.3) is 10.9 Å². The number of nitrogens with zero attached hydrogens (tertiary/aromatic N) is 2. The van der Waals surface area contributed by atoms with Crippen LogP contribution in [-0.4, -0.2) is 138 Å². The monoisotopic (exact) mass is 1060 g/mol. The molecule has 3 aromatic rings. The molecule has 76 heavy (non-hydrogen) atoms. The smallest absolute Gasteiger partial charge is 0.243 e. The van der Waals surface area contributed by atoms with E-state index >= 15 is 0 Å². The Balaban J connectivity index is 1.79. The van der Waals surface area contributed by atoms with Gasteiger partial charge in [-0.2, -0.15) is 0 Å². The SMILES string of the molecule is CC(=O)N[C@@H](CCCN=C(N)N)C(=O)N[C@H]1CCCNC(=O)CC[C@@H](C(N)=O)NC(=O)[C@H](Cc2c[nH]c3ccccc23)NC(=O)[C@H](CCCN=C(N)N)NC(=O)[C@@H](Cc2ccccc2C)NC(=O)[C@H](CC(N)=O)NC1=O. The van der Waals surface area contributed by atoms with Crippen LogP contribution in [0.2, 0.25) is 0 Å². The maximum Gasteiger partial charge on any atom is 0.243 e. The average Bonchev–Trinajstić information content (AvgIpc) is 3.76. The van der Waals surface area contributed by atoms with Gasteiger partial charge in [-0.25, -0.2) is 0 Å². The van der Waals surface area contributed by atoms with Crippen molar-refractivity contribution >= 4 is 81.9 Å². The van der Waals surface area contributed by atoms with E-state index < -0.39 is 108 Å². The van der Waals surface area contributed by atoms with Gasteiger partial charge in [0.15, 0.2) is 11.9 Å². The predicted octanol–water partition coefficient (Wildman–Crippen LogP) is -4.17.